The molecule has 0 spiro atoms. The van der Waals surface area contributed by atoms with Crippen molar-refractivity contribution < 1.29 is 11.7 Å². The third kappa shape index (κ3) is 10300. The molecule has 1 nitrogen and oxygen atoms in total. The minimum Gasteiger partial charge on any atom is -0.323 e. The van der Waals surface area contributed by atoms with Gasteiger partial charge in [-0.05, 0) is 14.1 Å². The molecular formula is C2H7F3NS+. The number of rotatable bonds is 0. The Balaban J connectivity index is 0. The minimum atomic E-state index is -3.86. The summed E-state index contributed by atoms with van der Waals surface area (Å²) in [6.45, 7) is 0. The molecular weight excluding hydrogens is 127 g/mol. The van der Waals surface area contributed by atoms with Crippen LogP contribution >= 0.6 is 0 Å². The Morgan fingerprint density at radius 1 is 1.14 bits per heavy atom. The van der Waals surface area contributed by atoms with Crippen LogP contribution in [0.1, 0.15) is 0 Å². The fourth-order valence-electron chi connectivity index (χ4n) is 0. The van der Waals surface area contributed by atoms with Crippen molar-refractivity contribution in [1.29, 1.82) is 0 Å². The van der Waals surface area contributed by atoms with E-state index in [0.29, 0.717) is 0 Å². The lowest BCUT2D eigenvalue weighted by atomic mass is 11.3. The van der Waals surface area contributed by atoms with Crippen LogP contribution in [0.15, 0.2) is 0 Å². The predicted octanol–water partition coefficient (Wildman–Crippen LogP) is 1.09. The highest BCUT2D eigenvalue weighted by molar-refractivity contribution is 7.81. The van der Waals surface area contributed by atoms with Crippen LogP contribution in [-0.2, 0) is 12.1 Å². The van der Waals surface area contributed by atoms with E-state index >= 15 is 0 Å². The molecule has 0 aliphatic carbocycles. The summed E-state index contributed by atoms with van der Waals surface area (Å²) < 4.78 is 29.1. The van der Waals surface area contributed by atoms with Gasteiger partial charge in [0.25, 0.3) is 0 Å². The molecule has 0 radical (unpaired) electrons. The van der Waals surface area contributed by atoms with E-state index in [1.807, 2.05) is 14.1 Å². The summed E-state index contributed by atoms with van der Waals surface area (Å²) in [4.78, 5) is 0. The molecule has 46 valence electrons. The molecule has 0 aromatic carbocycles. The quantitative estimate of drug-likeness (QED) is 0.489. The maximum Gasteiger partial charge on any atom is 0.661 e. The molecule has 0 saturated heterocycles. The summed E-state index contributed by atoms with van der Waals surface area (Å²) in [5.74, 6) is 0. The SMILES string of the molecule is CNC.F[S+](F)F. The number of halogens is 3. The summed E-state index contributed by atoms with van der Waals surface area (Å²) in [5.41, 5.74) is 0. The summed E-state index contributed by atoms with van der Waals surface area (Å²) >= 11 is -3.86. The van der Waals surface area contributed by atoms with Gasteiger partial charge in [-0.15, -0.1) is 0 Å². The van der Waals surface area contributed by atoms with Crippen LogP contribution in [0.5, 0.6) is 0 Å². The fourth-order valence-corrected chi connectivity index (χ4v) is 0. The van der Waals surface area contributed by atoms with Crippen LogP contribution in [-0.4, -0.2) is 14.1 Å². The van der Waals surface area contributed by atoms with Gasteiger partial charge in [-0.25, -0.2) is 0 Å². The van der Waals surface area contributed by atoms with Gasteiger partial charge in [0, 0.05) is 0 Å². The van der Waals surface area contributed by atoms with Gasteiger partial charge >= 0.3 is 12.1 Å². The number of hydrogen-bond acceptors (Lipinski definition) is 1. The summed E-state index contributed by atoms with van der Waals surface area (Å²) in [6.07, 6.45) is 0. The molecule has 1 N–H and O–H groups in total. The molecule has 0 aliphatic heterocycles. The van der Waals surface area contributed by atoms with Crippen molar-refractivity contribution in [2.45, 2.75) is 0 Å². The smallest absolute Gasteiger partial charge is 0.323 e. The first-order valence-electron chi connectivity index (χ1n) is 1.46. The van der Waals surface area contributed by atoms with Crippen LogP contribution in [0.2, 0.25) is 0 Å². The van der Waals surface area contributed by atoms with E-state index in [1.165, 1.54) is 0 Å². The van der Waals surface area contributed by atoms with E-state index in [4.69, 9.17) is 0 Å². The summed E-state index contributed by atoms with van der Waals surface area (Å²) in [5, 5.41) is 2.75. The second-order valence-corrected chi connectivity index (χ2v) is 1.02. The molecule has 0 aromatic rings. The molecule has 5 heteroatoms. The van der Waals surface area contributed by atoms with Gasteiger partial charge in [-0.3, -0.25) is 0 Å². The molecule has 0 bridgehead atoms. The lowest BCUT2D eigenvalue weighted by molar-refractivity contribution is 0.662. The van der Waals surface area contributed by atoms with Crippen LogP contribution in [0, 0.1) is 0 Å². The van der Waals surface area contributed by atoms with Crippen molar-refractivity contribution in [3.63, 3.8) is 0 Å². The van der Waals surface area contributed by atoms with Crippen LogP contribution in [0.3, 0.4) is 0 Å². The van der Waals surface area contributed by atoms with Crippen molar-refractivity contribution in [2.75, 3.05) is 14.1 Å². The monoisotopic (exact) mass is 134 g/mol. The van der Waals surface area contributed by atoms with Gasteiger partial charge in [0.2, 0.25) is 0 Å². The summed E-state index contributed by atoms with van der Waals surface area (Å²) in [7, 11) is 3.75. The highest BCUT2D eigenvalue weighted by atomic mass is 32.3. The van der Waals surface area contributed by atoms with Crippen molar-refractivity contribution in [3.8, 4) is 0 Å². The Morgan fingerprint density at radius 3 is 1.14 bits per heavy atom. The molecule has 0 aliphatic rings. The van der Waals surface area contributed by atoms with Crippen LogP contribution in [0.4, 0.5) is 11.7 Å². The number of hydrogen-bond donors (Lipinski definition) is 1. The zero-order chi connectivity index (χ0) is 6.28. The third-order valence-electron chi connectivity index (χ3n) is 0. The average Bonchev–Trinajstić information content (AvgIpc) is 1.33. The Kier molecular flexibility index (Phi) is 13.7. The van der Waals surface area contributed by atoms with Crippen molar-refractivity contribution in [2.24, 2.45) is 0 Å². The van der Waals surface area contributed by atoms with Crippen LogP contribution in [0.25, 0.3) is 0 Å². The molecule has 0 amide bonds. The van der Waals surface area contributed by atoms with Gasteiger partial charge in [-0.2, -0.15) is 0 Å². The Labute approximate surface area is 44.1 Å². The fraction of sp³-hybridized carbons (Fsp3) is 1.00. The average molecular weight is 134 g/mol. The first kappa shape index (κ1) is 10.2. The second kappa shape index (κ2) is 9.44. The molecule has 0 rings (SSSR count). The minimum absolute atomic E-state index is 1.88. The van der Waals surface area contributed by atoms with E-state index < -0.39 is 12.1 Å². The molecule has 0 aromatic heterocycles. The standard InChI is InChI=1S/C2H7N.F3S/c1-3-2;1-4(2)3/h3H,1-2H3;/q;+1. The van der Waals surface area contributed by atoms with Gasteiger partial charge < -0.3 is 5.32 Å². The highest BCUT2D eigenvalue weighted by Crippen LogP contribution is 1.95. The van der Waals surface area contributed by atoms with Gasteiger partial charge in [-0.1, -0.05) is 0 Å². The Hall–Kier alpha value is 0.1000. The van der Waals surface area contributed by atoms with Crippen LogP contribution < -0.4 is 5.32 Å². The van der Waals surface area contributed by atoms with Gasteiger partial charge in [0.05, 0.1) is 0 Å². The first-order valence-corrected chi connectivity index (χ1v) is 2.39. The van der Waals surface area contributed by atoms with E-state index in [1.54, 1.807) is 0 Å². The lowest BCUT2D eigenvalue weighted by Gasteiger charge is -1.59. The van der Waals surface area contributed by atoms with Crippen molar-refractivity contribution in [3.05, 3.63) is 0 Å². The Morgan fingerprint density at radius 2 is 1.14 bits per heavy atom. The molecule has 0 atom stereocenters. The normalized spacial score (nSPS) is 7.71. The van der Waals surface area contributed by atoms with Crippen molar-refractivity contribution in [1.82, 2.24) is 5.32 Å². The first-order chi connectivity index (χ1) is 3.15. The zero-order valence-electron chi connectivity index (χ0n) is 4.04. The van der Waals surface area contributed by atoms with Gasteiger partial charge in [0.1, 0.15) is 11.7 Å². The zero-order valence-corrected chi connectivity index (χ0v) is 4.86. The molecule has 0 heterocycles. The second-order valence-electron chi connectivity index (χ2n) is 0.675. The predicted molar refractivity (Wildman–Crippen MR) is 25.7 cm³/mol. The molecule has 0 fully saturated rings. The third-order valence-corrected chi connectivity index (χ3v) is 0. The lowest BCUT2D eigenvalue weighted by Crippen LogP contribution is -1.89. The van der Waals surface area contributed by atoms with Gasteiger partial charge in [0.15, 0.2) is 0 Å². The highest BCUT2D eigenvalue weighted by Gasteiger charge is 2.14. The maximum absolute atomic E-state index is 9.69. The number of nitrogens with one attached hydrogen (secondary N) is 1. The summed E-state index contributed by atoms with van der Waals surface area (Å²) in [6, 6.07) is 0. The van der Waals surface area contributed by atoms with E-state index in [2.05, 4.69) is 5.32 Å². The molecule has 7 heavy (non-hydrogen) atoms. The maximum atomic E-state index is 9.69. The molecule has 0 unspecified atom stereocenters. The van der Waals surface area contributed by atoms with Crippen molar-refractivity contribution >= 4 is 12.1 Å². The van der Waals surface area contributed by atoms with E-state index in [0.717, 1.165) is 0 Å². The van der Waals surface area contributed by atoms with E-state index in [-0.39, 0.29) is 0 Å². The Bertz CT molecular complexity index is 24.1. The van der Waals surface area contributed by atoms with E-state index in [9.17, 15) is 11.7 Å². The topological polar surface area (TPSA) is 12.0 Å². The molecule has 0 saturated carbocycles. The largest absolute Gasteiger partial charge is 0.661 e.